The first-order chi connectivity index (χ1) is 13.0. The number of hydrogen-bond donors (Lipinski definition) is 1. The SMILES string of the molecule is Cc1ncc(-c2c(C)nnn2C)cc1N(CC1(F)CCC(F)(F)CC1)C(C)O. The fourth-order valence-electron chi connectivity index (χ4n) is 3.74. The minimum atomic E-state index is -2.81. The van der Waals surface area contributed by atoms with Crippen LogP contribution in [0.15, 0.2) is 12.3 Å². The van der Waals surface area contributed by atoms with E-state index in [2.05, 4.69) is 15.3 Å². The van der Waals surface area contributed by atoms with Crippen molar-refractivity contribution >= 4 is 5.69 Å². The van der Waals surface area contributed by atoms with E-state index >= 15 is 4.39 Å². The molecule has 2 aromatic heterocycles. The highest BCUT2D eigenvalue weighted by molar-refractivity contribution is 5.67. The van der Waals surface area contributed by atoms with Gasteiger partial charge in [0.1, 0.15) is 11.9 Å². The van der Waals surface area contributed by atoms with Crippen LogP contribution in [0.5, 0.6) is 0 Å². The second-order valence-electron chi connectivity index (χ2n) is 7.74. The summed E-state index contributed by atoms with van der Waals surface area (Å²) in [7, 11) is 1.76. The van der Waals surface area contributed by atoms with Gasteiger partial charge in [0, 0.05) is 31.6 Å². The lowest BCUT2D eigenvalue weighted by Crippen LogP contribution is -2.48. The first-order valence-corrected chi connectivity index (χ1v) is 9.36. The van der Waals surface area contributed by atoms with Gasteiger partial charge in [-0.1, -0.05) is 5.21 Å². The minimum absolute atomic E-state index is 0.171. The molecule has 9 heteroatoms. The van der Waals surface area contributed by atoms with E-state index in [-0.39, 0.29) is 19.4 Å². The zero-order valence-corrected chi connectivity index (χ0v) is 16.6. The van der Waals surface area contributed by atoms with Gasteiger partial charge in [0.15, 0.2) is 0 Å². The van der Waals surface area contributed by atoms with Gasteiger partial charge >= 0.3 is 0 Å². The van der Waals surface area contributed by atoms with Crippen LogP contribution in [0.1, 0.15) is 44.0 Å². The van der Waals surface area contributed by atoms with Crippen LogP contribution >= 0.6 is 0 Å². The molecular weight excluding hydrogens is 371 g/mol. The average Bonchev–Trinajstić information content (AvgIpc) is 2.95. The van der Waals surface area contributed by atoms with E-state index < -0.39 is 30.7 Å². The number of aliphatic hydroxyl groups is 1. The summed E-state index contributed by atoms with van der Waals surface area (Å²) in [6.07, 6.45) is -0.753. The van der Waals surface area contributed by atoms with Crippen LogP contribution in [0, 0.1) is 13.8 Å². The highest BCUT2D eigenvalue weighted by Gasteiger charge is 2.45. The van der Waals surface area contributed by atoms with E-state index in [1.54, 1.807) is 24.9 Å². The predicted octanol–water partition coefficient (Wildman–Crippen LogP) is 3.56. The van der Waals surface area contributed by atoms with Crippen LogP contribution < -0.4 is 4.90 Å². The van der Waals surface area contributed by atoms with E-state index in [9.17, 15) is 13.9 Å². The molecule has 0 spiro atoms. The molecule has 6 nitrogen and oxygen atoms in total. The van der Waals surface area contributed by atoms with Gasteiger partial charge in [-0.05, 0) is 39.7 Å². The number of halogens is 3. The highest BCUT2D eigenvalue weighted by Crippen LogP contribution is 2.42. The molecular formula is C19H26F3N5O. The summed E-state index contributed by atoms with van der Waals surface area (Å²) >= 11 is 0. The van der Waals surface area contributed by atoms with Crippen molar-refractivity contribution in [1.82, 2.24) is 20.0 Å². The van der Waals surface area contributed by atoms with Crippen molar-refractivity contribution in [3.63, 3.8) is 0 Å². The number of hydrogen-bond acceptors (Lipinski definition) is 5. The standard InChI is InChI=1S/C19H26F3N5O/c1-12-16(9-15(10-23-12)17-13(2)24-25-26(17)4)27(14(3)28)11-18(20)5-7-19(21,22)8-6-18/h9-10,14,28H,5-8,11H2,1-4H3. The summed E-state index contributed by atoms with van der Waals surface area (Å²) < 4.78 is 43.9. The summed E-state index contributed by atoms with van der Waals surface area (Å²) in [5.41, 5.74) is 1.61. The first kappa shape index (κ1) is 20.6. The fourth-order valence-corrected chi connectivity index (χ4v) is 3.74. The van der Waals surface area contributed by atoms with E-state index in [4.69, 9.17) is 0 Å². The van der Waals surface area contributed by atoms with Gasteiger partial charge in [-0.2, -0.15) is 0 Å². The Bertz CT molecular complexity index is 823. The van der Waals surface area contributed by atoms with Crippen LogP contribution in [0.2, 0.25) is 0 Å². The molecule has 2 aromatic rings. The maximum atomic E-state index is 15.3. The Morgan fingerprint density at radius 2 is 1.82 bits per heavy atom. The third kappa shape index (κ3) is 4.14. The van der Waals surface area contributed by atoms with Crippen LogP contribution in [-0.2, 0) is 7.05 Å². The molecule has 1 unspecified atom stereocenters. The Morgan fingerprint density at radius 1 is 1.18 bits per heavy atom. The lowest BCUT2D eigenvalue weighted by molar-refractivity contribution is -0.0745. The zero-order valence-electron chi connectivity index (χ0n) is 16.6. The molecule has 1 aliphatic rings. The van der Waals surface area contributed by atoms with Crippen molar-refractivity contribution in [2.45, 2.75) is 64.3 Å². The van der Waals surface area contributed by atoms with Gasteiger partial charge < -0.3 is 10.0 Å². The van der Waals surface area contributed by atoms with Crippen molar-refractivity contribution < 1.29 is 18.3 Å². The van der Waals surface area contributed by atoms with E-state index in [0.717, 1.165) is 17.0 Å². The first-order valence-electron chi connectivity index (χ1n) is 9.36. The van der Waals surface area contributed by atoms with Gasteiger partial charge in [0.05, 0.1) is 29.3 Å². The number of aliphatic hydroxyl groups excluding tert-OH is 1. The second-order valence-corrected chi connectivity index (χ2v) is 7.74. The summed E-state index contributed by atoms with van der Waals surface area (Å²) in [6.45, 7) is 4.95. The van der Waals surface area contributed by atoms with Gasteiger partial charge in [0.25, 0.3) is 0 Å². The van der Waals surface area contributed by atoms with Gasteiger partial charge in [-0.25, -0.2) is 17.9 Å². The Hall–Kier alpha value is -2.16. The Labute approximate surface area is 162 Å². The quantitative estimate of drug-likeness (QED) is 0.782. The van der Waals surface area contributed by atoms with E-state index in [1.165, 1.54) is 11.8 Å². The Kier molecular flexibility index (Phi) is 5.40. The topological polar surface area (TPSA) is 67.1 Å². The molecule has 2 heterocycles. The molecule has 0 aromatic carbocycles. The lowest BCUT2D eigenvalue weighted by atomic mass is 9.83. The second kappa shape index (κ2) is 7.35. The third-order valence-electron chi connectivity index (χ3n) is 5.42. The highest BCUT2D eigenvalue weighted by atomic mass is 19.3. The van der Waals surface area contributed by atoms with Gasteiger partial charge in [-0.3, -0.25) is 4.98 Å². The van der Waals surface area contributed by atoms with Crippen molar-refractivity contribution in [2.75, 3.05) is 11.4 Å². The summed E-state index contributed by atoms with van der Waals surface area (Å²) in [6, 6.07) is 1.81. The predicted molar refractivity (Wildman–Crippen MR) is 100.0 cm³/mol. The summed E-state index contributed by atoms with van der Waals surface area (Å²) in [5, 5.41) is 18.3. The molecule has 28 heavy (non-hydrogen) atoms. The molecule has 154 valence electrons. The molecule has 0 saturated heterocycles. The van der Waals surface area contributed by atoms with E-state index in [0.29, 0.717) is 11.4 Å². The molecule has 1 N–H and O–H groups in total. The molecule has 1 saturated carbocycles. The van der Waals surface area contributed by atoms with E-state index in [1.807, 2.05) is 13.0 Å². The molecule has 3 rings (SSSR count). The molecule has 0 aliphatic heterocycles. The Morgan fingerprint density at radius 3 is 2.36 bits per heavy atom. The van der Waals surface area contributed by atoms with Crippen LogP contribution in [0.3, 0.4) is 0 Å². The number of pyridine rings is 1. The number of aryl methyl sites for hydroxylation is 3. The number of anilines is 1. The maximum absolute atomic E-state index is 15.3. The molecule has 1 atom stereocenters. The van der Waals surface area contributed by atoms with Crippen LogP contribution in [-0.4, -0.2) is 49.4 Å². The zero-order chi connectivity index (χ0) is 20.7. The largest absolute Gasteiger partial charge is 0.374 e. The molecule has 0 amide bonds. The number of alkyl halides is 3. The number of rotatable bonds is 5. The van der Waals surface area contributed by atoms with Crippen molar-refractivity contribution in [1.29, 1.82) is 0 Å². The summed E-state index contributed by atoms with van der Waals surface area (Å²) in [5.74, 6) is -2.81. The van der Waals surface area contributed by atoms with Crippen LogP contribution in [0.25, 0.3) is 11.3 Å². The lowest BCUT2D eigenvalue weighted by Gasteiger charge is -2.39. The van der Waals surface area contributed by atoms with Crippen molar-refractivity contribution in [3.8, 4) is 11.3 Å². The number of aromatic nitrogens is 4. The minimum Gasteiger partial charge on any atom is -0.374 e. The maximum Gasteiger partial charge on any atom is 0.248 e. The molecule has 1 fully saturated rings. The smallest absolute Gasteiger partial charge is 0.248 e. The monoisotopic (exact) mass is 397 g/mol. The normalized spacial score (nSPS) is 19.4. The van der Waals surface area contributed by atoms with Gasteiger partial charge in [0.2, 0.25) is 5.92 Å². The molecule has 0 bridgehead atoms. The van der Waals surface area contributed by atoms with Crippen molar-refractivity contribution in [2.24, 2.45) is 7.05 Å². The molecule has 1 aliphatic carbocycles. The van der Waals surface area contributed by atoms with Gasteiger partial charge in [-0.15, -0.1) is 5.10 Å². The average molecular weight is 397 g/mol. The van der Waals surface area contributed by atoms with Crippen molar-refractivity contribution in [3.05, 3.63) is 23.7 Å². The molecule has 0 radical (unpaired) electrons. The number of nitrogens with zero attached hydrogens (tertiary/aromatic N) is 5. The third-order valence-corrected chi connectivity index (χ3v) is 5.42. The summed E-state index contributed by atoms with van der Waals surface area (Å²) in [4.78, 5) is 5.89. The fraction of sp³-hybridized carbons (Fsp3) is 0.632. The Balaban J connectivity index is 1.93. The van der Waals surface area contributed by atoms with Crippen LogP contribution in [0.4, 0.5) is 18.9 Å².